The van der Waals surface area contributed by atoms with Gasteiger partial charge < -0.3 is 14.8 Å². The fourth-order valence-corrected chi connectivity index (χ4v) is 2.50. The maximum Gasteiger partial charge on any atom is 0.336 e. The van der Waals surface area contributed by atoms with Crippen molar-refractivity contribution in [3.63, 3.8) is 0 Å². The zero-order valence-corrected chi connectivity index (χ0v) is 14.8. The highest BCUT2D eigenvalue weighted by atomic mass is 19.1. The number of anilines is 1. The minimum Gasteiger partial charge on any atom is -0.497 e. The first-order valence-corrected chi connectivity index (χ1v) is 8.00. The molecule has 142 valence electrons. The van der Waals surface area contributed by atoms with Gasteiger partial charge in [-0.1, -0.05) is 12.1 Å². The summed E-state index contributed by atoms with van der Waals surface area (Å²) in [6.07, 6.45) is 1.37. The third-order valence-electron chi connectivity index (χ3n) is 3.88. The lowest BCUT2D eigenvalue weighted by Gasteiger charge is -2.16. The molecule has 0 amide bonds. The summed E-state index contributed by atoms with van der Waals surface area (Å²) in [5.41, 5.74) is 1.13. The Morgan fingerprint density at radius 2 is 1.81 bits per heavy atom. The monoisotopic (exact) mass is 374 g/mol. The summed E-state index contributed by atoms with van der Waals surface area (Å²) >= 11 is 0. The summed E-state index contributed by atoms with van der Waals surface area (Å²) < 4.78 is 23.1. The molecular formula is C19H19FN2O5. The van der Waals surface area contributed by atoms with E-state index in [2.05, 4.69) is 5.32 Å². The molecule has 2 aromatic carbocycles. The Hall–Kier alpha value is -3.42. The van der Waals surface area contributed by atoms with Crippen molar-refractivity contribution in [1.82, 2.24) is 0 Å². The molecular weight excluding hydrogens is 355 g/mol. The summed E-state index contributed by atoms with van der Waals surface area (Å²) in [5, 5.41) is 14.1. The van der Waals surface area contributed by atoms with Gasteiger partial charge in [0.1, 0.15) is 11.6 Å². The number of carbonyl (C=O) groups excluding carboxylic acids is 1. The van der Waals surface area contributed by atoms with E-state index in [0.717, 1.165) is 0 Å². The second-order valence-electron chi connectivity index (χ2n) is 5.58. The lowest BCUT2D eigenvalue weighted by molar-refractivity contribution is -0.481. The van der Waals surface area contributed by atoms with Gasteiger partial charge in [0.25, 0.3) is 0 Å². The Kier molecular flexibility index (Phi) is 6.87. The van der Waals surface area contributed by atoms with E-state index in [9.17, 15) is 19.3 Å². The minimum absolute atomic E-state index is 0.0524. The number of nitro groups is 1. The fourth-order valence-electron chi connectivity index (χ4n) is 2.50. The molecule has 0 radical (unpaired) electrons. The molecule has 0 heterocycles. The van der Waals surface area contributed by atoms with Gasteiger partial charge in [-0.15, -0.1) is 0 Å². The molecule has 0 saturated carbocycles. The minimum atomic E-state index is -0.904. The van der Waals surface area contributed by atoms with Crippen molar-refractivity contribution in [2.45, 2.75) is 5.92 Å². The van der Waals surface area contributed by atoms with Crippen LogP contribution in [-0.2, 0) is 9.53 Å². The molecule has 0 aliphatic carbocycles. The van der Waals surface area contributed by atoms with Crippen LogP contribution < -0.4 is 10.1 Å². The molecule has 0 aliphatic rings. The van der Waals surface area contributed by atoms with Gasteiger partial charge in [-0.3, -0.25) is 10.1 Å². The van der Waals surface area contributed by atoms with Crippen LogP contribution in [0.15, 0.2) is 60.3 Å². The van der Waals surface area contributed by atoms with Gasteiger partial charge in [-0.2, -0.15) is 0 Å². The number of nitrogens with zero attached hydrogens (tertiary/aromatic N) is 1. The topological polar surface area (TPSA) is 90.7 Å². The summed E-state index contributed by atoms with van der Waals surface area (Å²) in [7, 11) is 2.74. The lowest BCUT2D eigenvalue weighted by Crippen LogP contribution is -2.21. The lowest BCUT2D eigenvalue weighted by atomic mass is 9.91. The third kappa shape index (κ3) is 5.53. The SMILES string of the molecule is COC(=O)/C(=C\Nc1ccc(OC)cc1)C(C[N+](=O)[O-])c1ccc(F)cc1. The van der Waals surface area contributed by atoms with E-state index in [1.54, 1.807) is 31.4 Å². The largest absolute Gasteiger partial charge is 0.497 e. The number of benzene rings is 2. The molecule has 0 saturated heterocycles. The van der Waals surface area contributed by atoms with Crippen LogP contribution in [0.4, 0.5) is 10.1 Å². The number of hydrogen-bond acceptors (Lipinski definition) is 6. The molecule has 2 rings (SSSR count). The molecule has 0 spiro atoms. The zero-order chi connectivity index (χ0) is 19.8. The first-order chi connectivity index (χ1) is 12.9. The smallest absolute Gasteiger partial charge is 0.336 e. The van der Waals surface area contributed by atoms with Crippen LogP contribution in [-0.4, -0.2) is 31.7 Å². The predicted molar refractivity (Wildman–Crippen MR) is 97.7 cm³/mol. The van der Waals surface area contributed by atoms with E-state index in [0.29, 0.717) is 17.0 Å². The van der Waals surface area contributed by atoms with Gasteiger partial charge >= 0.3 is 5.97 Å². The van der Waals surface area contributed by atoms with E-state index in [1.807, 2.05) is 0 Å². The Balaban J connectivity index is 2.37. The first kappa shape index (κ1) is 19.9. The van der Waals surface area contributed by atoms with Crippen LogP contribution in [0.25, 0.3) is 0 Å². The van der Waals surface area contributed by atoms with Gasteiger partial charge in [0.2, 0.25) is 6.54 Å². The van der Waals surface area contributed by atoms with Crippen molar-refractivity contribution in [1.29, 1.82) is 0 Å². The Morgan fingerprint density at radius 1 is 1.19 bits per heavy atom. The number of esters is 1. The molecule has 8 heteroatoms. The van der Waals surface area contributed by atoms with Crippen molar-refractivity contribution >= 4 is 11.7 Å². The average Bonchev–Trinajstić information content (AvgIpc) is 2.67. The number of rotatable bonds is 8. The van der Waals surface area contributed by atoms with Crippen LogP contribution in [0, 0.1) is 15.9 Å². The van der Waals surface area contributed by atoms with Crippen LogP contribution >= 0.6 is 0 Å². The number of hydrogen-bond donors (Lipinski definition) is 1. The van der Waals surface area contributed by atoms with Gasteiger partial charge in [0.05, 0.1) is 25.7 Å². The Morgan fingerprint density at radius 3 is 2.33 bits per heavy atom. The molecule has 0 aromatic heterocycles. The maximum atomic E-state index is 13.2. The summed E-state index contributed by atoms with van der Waals surface area (Å²) in [6.45, 7) is -0.545. The highest BCUT2D eigenvalue weighted by molar-refractivity contribution is 5.90. The van der Waals surface area contributed by atoms with Gasteiger partial charge in [-0.05, 0) is 42.0 Å². The molecule has 2 aromatic rings. The Labute approximate surface area is 155 Å². The standard InChI is InChI=1S/C19H19FN2O5/c1-26-16-9-7-15(8-10-16)21-11-17(19(23)27-2)18(12-22(24)25)13-3-5-14(20)6-4-13/h3-11,18,21H,12H2,1-2H3/b17-11-. The number of carbonyl (C=O) groups is 1. The molecule has 1 unspecified atom stereocenters. The summed E-state index contributed by atoms with van der Waals surface area (Å²) in [6, 6.07) is 12.1. The molecule has 1 N–H and O–H groups in total. The number of ether oxygens (including phenoxy) is 2. The van der Waals surface area contributed by atoms with Gasteiger partial charge in [0, 0.05) is 16.8 Å². The van der Waals surface area contributed by atoms with E-state index < -0.39 is 29.2 Å². The second-order valence-corrected chi connectivity index (χ2v) is 5.58. The summed E-state index contributed by atoms with van der Waals surface area (Å²) in [5.74, 6) is -1.43. The zero-order valence-electron chi connectivity index (χ0n) is 14.8. The average molecular weight is 374 g/mol. The van der Waals surface area contributed by atoms with E-state index in [-0.39, 0.29) is 5.57 Å². The first-order valence-electron chi connectivity index (χ1n) is 8.00. The van der Waals surface area contributed by atoms with Gasteiger partial charge in [0.15, 0.2) is 0 Å². The Bertz CT molecular complexity index is 819. The van der Waals surface area contributed by atoms with Crippen LogP contribution in [0.1, 0.15) is 11.5 Å². The summed E-state index contributed by atoms with van der Waals surface area (Å²) in [4.78, 5) is 22.8. The number of methoxy groups -OCH3 is 2. The fraction of sp³-hybridized carbons (Fsp3) is 0.211. The van der Waals surface area contributed by atoms with Crippen molar-refractivity contribution in [2.24, 2.45) is 0 Å². The number of nitrogens with one attached hydrogen (secondary N) is 1. The molecule has 7 nitrogen and oxygen atoms in total. The van der Waals surface area contributed by atoms with Crippen LogP contribution in [0.5, 0.6) is 5.75 Å². The van der Waals surface area contributed by atoms with Crippen molar-refractivity contribution in [3.05, 3.63) is 81.8 Å². The second kappa shape index (κ2) is 9.33. The van der Waals surface area contributed by atoms with Crippen molar-refractivity contribution in [3.8, 4) is 5.75 Å². The molecule has 0 aliphatic heterocycles. The molecule has 0 bridgehead atoms. The quantitative estimate of drug-likeness (QED) is 0.330. The van der Waals surface area contributed by atoms with Crippen molar-refractivity contribution < 1.29 is 23.6 Å². The normalized spacial score (nSPS) is 12.2. The molecule has 0 fully saturated rings. The van der Waals surface area contributed by atoms with Crippen LogP contribution in [0.2, 0.25) is 0 Å². The van der Waals surface area contributed by atoms with Crippen LogP contribution in [0.3, 0.4) is 0 Å². The number of halogens is 1. The van der Waals surface area contributed by atoms with E-state index in [4.69, 9.17) is 9.47 Å². The van der Waals surface area contributed by atoms with Gasteiger partial charge in [-0.25, -0.2) is 9.18 Å². The maximum absolute atomic E-state index is 13.2. The van der Waals surface area contributed by atoms with E-state index >= 15 is 0 Å². The van der Waals surface area contributed by atoms with Crippen molar-refractivity contribution in [2.75, 3.05) is 26.1 Å². The highest BCUT2D eigenvalue weighted by Crippen LogP contribution is 2.27. The molecule has 1 atom stereocenters. The predicted octanol–water partition coefficient (Wildman–Crippen LogP) is 3.36. The van der Waals surface area contributed by atoms with E-state index in [1.165, 1.54) is 37.6 Å². The molecule has 27 heavy (non-hydrogen) atoms. The highest BCUT2D eigenvalue weighted by Gasteiger charge is 2.28. The third-order valence-corrected chi connectivity index (χ3v) is 3.88.